The quantitative estimate of drug-likeness (QED) is 0.889. The number of nitrogens with one attached hydrogen (secondary N) is 1. The molecule has 0 aromatic carbocycles. The van der Waals surface area contributed by atoms with E-state index in [1.54, 1.807) is 0 Å². The molecule has 3 rings (SSSR count). The molecular weight excluding hydrogens is 226 g/mol. The van der Waals surface area contributed by atoms with E-state index in [1.807, 2.05) is 0 Å². The maximum Gasteiger partial charge on any atom is 0.133 e. The van der Waals surface area contributed by atoms with Crippen LogP contribution in [0.25, 0.3) is 0 Å². The molecule has 3 nitrogen and oxygen atoms in total. The van der Waals surface area contributed by atoms with Crippen LogP contribution >= 0.6 is 0 Å². The molecule has 0 amide bonds. The standard InChI is InChI=1S/C15H23NO2/c1-3-16-11-6-7-17-15(9-11)14-5-4-13(18-14)12-8-10(12)2/h4-5,10-12,15-16H,3,6-9H2,1-2H3. The summed E-state index contributed by atoms with van der Waals surface area (Å²) in [5, 5.41) is 3.51. The van der Waals surface area contributed by atoms with E-state index in [9.17, 15) is 0 Å². The summed E-state index contributed by atoms with van der Waals surface area (Å²) in [6.07, 6.45) is 3.56. The first kappa shape index (κ1) is 12.2. The van der Waals surface area contributed by atoms with Gasteiger partial charge in [-0.2, -0.15) is 0 Å². The molecule has 1 aromatic heterocycles. The third-order valence-corrected chi connectivity index (χ3v) is 4.22. The smallest absolute Gasteiger partial charge is 0.133 e. The van der Waals surface area contributed by atoms with E-state index in [1.165, 1.54) is 6.42 Å². The predicted molar refractivity (Wildman–Crippen MR) is 70.6 cm³/mol. The average molecular weight is 249 g/mol. The van der Waals surface area contributed by atoms with Gasteiger partial charge in [-0.05, 0) is 43.9 Å². The van der Waals surface area contributed by atoms with Crippen molar-refractivity contribution in [3.63, 3.8) is 0 Å². The molecule has 0 spiro atoms. The van der Waals surface area contributed by atoms with Gasteiger partial charge in [0.1, 0.15) is 17.6 Å². The van der Waals surface area contributed by atoms with Crippen molar-refractivity contribution >= 4 is 0 Å². The first-order valence-corrected chi connectivity index (χ1v) is 7.22. The summed E-state index contributed by atoms with van der Waals surface area (Å²) in [4.78, 5) is 0. The molecule has 1 aromatic rings. The van der Waals surface area contributed by atoms with E-state index in [-0.39, 0.29) is 6.10 Å². The van der Waals surface area contributed by atoms with Crippen molar-refractivity contribution < 1.29 is 9.15 Å². The normalized spacial score (nSPS) is 35.7. The molecule has 100 valence electrons. The van der Waals surface area contributed by atoms with Gasteiger partial charge >= 0.3 is 0 Å². The molecule has 1 N–H and O–H groups in total. The Balaban J connectivity index is 1.64. The van der Waals surface area contributed by atoms with E-state index >= 15 is 0 Å². The highest BCUT2D eigenvalue weighted by molar-refractivity contribution is 5.19. The minimum atomic E-state index is 0.144. The molecule has 1 aliphatic carbocycles. The van der Waals surface area contributed by atoms with E-state index in [0.717, 1.165) is 43.4 Å². The lowest BCUT2D eigenvalue weighted by atomic mass is 10.0. The van der Waals surface area contributed by atoms with Crippen molar-refractivity contribution in [1.82, 2.24) is 5.32 Å². The second kappa shape index (κ2) is 5.06. The molecule has 3 heteroatoms. The van der Waals surface area contributed by atoms with Gasteiger partial charge in [-0.15, -0.1) is 0 Å². The highest BCUT2D eigenvalue weighted by Gasteiger charge is 2.37. The minimum Gasteiger partial charge on any atom is -0.463 e. The molecule has 1 saturated heterocycles. The third-order valence-electron chi connectivity index (χ3n) is 4.22. The highest BCUT2D eigenvalue weighted by Crippen LogP contribution is 2.48. The van der Waals surface area contributed by atoms with Gasteiger partial charge in [-0.25, -0.2) is 0 Å². The molecule has 4 atom stereocenters. The number of rotatable bonds is 4. The number of hydrogen-bond donors (Lipinski definition) is 1. The molecule has 4 unspecified atom stereocenters. The molecule has 18 heavy (non-hydrogen) atoms. The Bertz CT molecular complexity index is 399. The predicted octanol–water partition coefficient (Wildman–Crippen LogP) is 3.23. The molecule has 0 radical (unpaired) electrons. The lowest BCUT2D eigenvalue weighted by Gasteiger charge is -2.28. The van der Waals surface area contributed by atoms with Crippen LogP contribution in [0.15, 0.2) is 16.5 Å². The van der Waals surface area contributed by atoms with Crippen molar-refractivity contribution in [3.8, 4) is 0 Å². The zero-order chi connectivity index (χ0) is 12.5. The second-order valence-corrected chi connectivity index (χ2v) is 5.70. The summed E-state index contributed by atoms with van der Waals surface area (Å²) < 4.78 is 11.8. The van der Waals surface area contributed by atoms with Crippen LogP contribution in [0.4, 0.5) is 0 Å². The van der Waals surface area contributed by atoms with Crippen LogP contribution in [0.3, 0.4) is 0 Å². The summed E-state index contributed by atoms with van der Waals surface area (Å²) in [6, 6.07) is 4.82. The van der Waals surface area contributed by atoms with Crippen LogP contribution in [0.1, 0.15) is 56.7 Å². The van der Waals surface area contributed by atoms with E-state index in [4.69, 9.17) is 9.15 Å². The van der Waals surface area contributed by atoms with Crippen LogP contribution in [0.2, 0.25) is 0 Å². The number of ether oxygens (including phenoxy) is 1. The third kappa shape index (κ3) is 2.47. The van der Waals surface area contributed by atoms with Gasteiger partial charge in [0.25, 0.3) is 0 Å². The van der Waals surface area contributed by atoms with Gasteiger partial charge in [0.15, 0.2) is 0 Å². The Morgan fingerprint density at radius 1 is 1.28 bits per heavy atom. The number of hydrogen-bond acceptors (Lipinski definition) is 3. The van der Waals surface area contributed by atoms with Crippen LogP contribution < -0.4 is 5.32 Å². The van der Waals surface area contributed by atoms with Gasteiger partial charge in [0.2, 0.25) is 0 Å². The Labute approximate surface area is 109 Å². The molecular formula is C15H23NO2. The average Bonchev–Trinajstić information content (AvgIpc) is 2.93. The van der Waals surface area contributed by atoms with Crippen LogP contribution in [-0.2, 0) is 4.74 Å². The highest BCUT2D eigenvalue weighted by atomic mass is 16.5. The Kier molecular flexibility index (Phi) is 3.44. The first-order valence-electron chi connectivity index (χ1n) is 7.22. The fraction of sp³-hybridized carbons (Fsp3) is 0.733. The topological polar surface area (TPSA) is 34.4 Å². The Hall–Kier alpha value is -0.800. The minimum absolute atomic E-state index is 0.144. The fourth-order valence-electron chi connectivity index (χ4n) is 2.93. The first-order chi connectivity index (χ1) is 8.78. The lowest BCUT2D eigenvalue weighted by Crippen LogP contribution is -2.35. The molecule has 0 bridgehead atoms. The zero-order valence-corrected chi connectivity index (χ0v) is 11.3. The van der Waals surface area contributed by atoms with Gasteiger partial charge in [-0.3, -0.25) is 0 Å². The van der Waals surface area contributed by atoms with Gasteiger partial charge in [0, 0.05) is 18.6 Å². The summed E-state index contributed by atoms with van der Waals surface area (Å²) in [5.74, 6) is 3.64. The fourth-order valence-corrected chi connectivity index (χ4v) is 2.93. The number of furan rings is 1. The van der Waals surface area contributed by atoms with Crippen molar-refractivity contribution in [2.75, 3.05) is 13.2 Å². The van der Waals surface area contributed by atoms with Crippen molar-refractivity contribution in [2.24, 2.45) is 5.92 Å². The molecule has 2 heterocycles. The summed E-state index contributed by atoms with van der Waals surface area (Å²) >= 11 is 0. The second-order valence-electron chi connectivity index (χ2n) is 5.70. The monoisotopic (exact) mass is 249 g/mol. The molecule has 2 fully saturated rings. The van der Waals surface area contributed by atoms with Crippen molar-refractivity contribution in [3.05, 3.63) is 23.7 Å². The maximum absolute atomic E-state index is 5.99. The summed E-state index contributed by atoms with van der Waals surface area (Å²) in [7, 11) is 0. The van der Waals surface area contributed by atoms with Crippen molar-refractivity contribution in [2.45, 2.75) is 51.2 Å². The van der Waals surface area contributed by atoms with E-state index < -0.39 is 0 Å². The van der Waals surface area contributed by atoms with Crippen LogP contribution in [0, 0.1) is 5.92 Å². The van der Waals surface area contributed by atoms with Crippen molar-refractivity contribution in [1.29, 1.82) is 0 Å². The molecule has 1 saturated carbocycles. The summed E-state index contributed by atoms with van der Waals surface area (Å²) in [5.41, 5.74) is 0. The molecule has 1 aliphatic heterocycles. The Morgan fingerprint density at radius 3 is 2.78 bits per heavy atom. The lowest BCUT2D eigenvalue weighted by molar-refractivity contribution is -0.0121. The SMILES string of the molecule is CCNC1CCOC(c2ccc(C3CC3C)o2)C1. The van der Waals surface area contributed by atoms with Gasteiger partial charge < -0.3 is 14.5 Å². The van der Waals surface area contributed by atoms with Gasteiger partial charge in [-0.1, -0.05) is 13.8 Å². The Morgan fingerprint density at radius 2 is 2.06 bits per heavy atom. The summed E-state index contributed by atoms with van der Waals surface area (Å²) in [6.45, 7) is 6.30. The van der Waals surface area contributed by atoms with E-state index in [2.05, 4.69) is 31.3 Å². The largest absolute Gasteiger partial charge is 0.463 e. The van der Waals surface area contributed by atoms with Crippen LogP contribution in [-0.4, -0.2) is 19.2 Å². The van der Waals surface area contributed by atoms with E-state index in [0.29, 0.717) is 12.0 Å². The zero-order valence-electron chi connectivity index (χ0n) is 11.3. The van der Waals surface area contributed by atoms with Gasteiger partial charge in [0.05, 0.1) is 0 Å². The maximum atomic E-state index is 5.99. The molecule has 2 aliphatic rings. The van der Waals surface area contributed by atoms with Crippen LogP contribution in [0.5, 0.6) is 0 Å².